The molecule has 0 aromatic heterocycles. The Labute approximate surface area is 111 Å². The molecule has 0 aromatic rings. The highest BCUT2D eigenvalue weighted by atomic mass is 16.5. The van der Waals surface area contributed by atoms with Crippen LogP contribution in [0.25, 0.3) is 0 Å². The van der Waals surface area contributed by atoms with Gasteiger partial charge in [0.1, 0.15) is 6.61 Å². The smallest absolute Gasteiger partial charge is 0.248 e. The first kappa shape index (κ1) is 15.4. The van der Waals surface area contributed by atoms with E-state index < -0.39 is 0 Å². The van der Waals surface area contributed by atoms with Crippen LogP contribution in [-0.2, 0) is 9.53 Å². The zero-order valence-corrected chi connectivity index (χ0v) is 11.9. The Kier molecular flexibility index (Phi) is 8.01. The van der Waals surface area contributed by atoms with E-state index >= 15 is 0 Å². The number of carbonyl (C=O) groups excluding carboxylic acids is 1. The summed E-state index contributed by atoms with van der Waals surface area (Å²) in [6, 6.07) is 0.596. The highest BCUT2D eigenvalue weighted by Crippen LogP contribution is 2.10. The molecule has 0 saturated carbocycles. The molecule has 0 bridgehead atoms. The maximum absolute atomic E-state index is 11.6. The van der Waals surface area contributed by atoms with Crippen molar-refractivity contribution < 1.29 is 9.53 Å². The molecule has 0 radical (unpaired) electrons. The van der Waals surface area contributed by atoms with Gasteiger partial charge in [0, 0.05) is 26.2 Å². The Morgan fingerprint density at radius 1 is 1.28 bits per heavy atom. The zero-order chi connectivity index (χ0) is 13.2. The van der Waals surface area contributed by atoms with Crippen molar-refractivity contribution in [1.82, 2.24) is 10.2 Å². The quantitative estimate of drug-likeness (QED) is 0.673. The third-order valence-corrected chi connectivity index (χ3v) is 3.58. The Hall–Kier alpha value is -0.610. The van der Waals surface area contributed by atoms with E-state index in [0.29, 0.717) is 6.04 Å². The third-order valence-electron chi connectivity index (χ3n) is 3.58. The first-order chi connectivity index (χ1) is 8.77. The maximum Gasteiger partial charge on any atom is 0.248 e. The van der Waals surface area contributed by atoms with Gasteiger partial charge in [-0.05, 0) is 25.8 Å². The summed E-state index contributed by atoms with van der Waals surface area (Å²) in [4.78, 5) is 13.5. The lowest BCUT2D eigenvalue weighted by atomic mass is 10.0. The van der Waals surface area contributed by atoms with E-state index in [4.69, 9.17) is 4.74 Å². The molecule has 0 atom stereocenters. The highest BCUT2D eigenvalue weighted by Gasteiger charge is 2.21. The van der Waals surface area contributed by atoms with Gasteiger partial charge >= 0.3 is 0 Å². The van der Waals surface area contributed by atoms with E-state index in [1.165, 1.54) is 25.7 Å². The Bertz CT molecular complexity index is 226. The maximum atomic E-state index is 11.6. The summed E-state index contributed by atoms with van der Waals surface area (Å²) in [6.45, 7) is 5.32. The molecule has 1 rings (SSSR count). The fourth-order valence-electron chi connectivity index (χ4n) is 2.41. The van der Waals surface area contributed by atoms with Gasteiger partial charge in [0.05, 0.1) is 0 Å². The molecule has 4 heteroatoms. The van der Waals surface area contributed by atoms with Crippen LogP contribution in [0.3, 0.4) is 0 Å². The number of methoxy groups -OCH3 is 1. The van der Waals surface area contributed by atoms with Crippen LogP contribution in [0.2, 0.25) is 0 Å². The minimum Gasteiger partial charge on any atom is -0.375 e. The molecule has 1 aliphatic rings. The normalized spacial score (nSPS) is 17.1. The predicted molar refractivity (Wildman–Crippen MR) is 73.6 cm³/mol. The van der Waals surface area contributed by atoms with Crippen LogP contribution in [0.5, 0.6) is 0 Å². The molecule has 1 N–H and O–H groups in total. The fourth-order valence-corrected chi connectivity index (χ4v) is 2.41. The lowest BCUT2D eigenvalue weighted by Crippen LogP contribution is -2.46. The molecule has 4 nitrogen and oxygen atoms in total. The molecular formula is C14H28N2O2. The van der Waals surface area contributed by atoms with E-state index in [-0.39, 0.29) is 12.5 Å². The summed E-state index contributed by atoms with van der Waals surface area (Å²) in [5.41, 5.74) is 0. The second-order valence-corrected chi connectivity index (χ2v) is 5.10. The van der Waals surface area contributed by atoms with Gasteiger partial charge in [-0.3, -0.25) is 4.79 Å². The van der Waals surface area contributed by atoms with Crippen molar-refractivity contribution in [1.29, 1.82) is 0 Å². The van der Waals surface area contributed by atoms with Crippen molar-refractivity contribution in [2.45, 2.75) is 51.5 Å². The highest BCUT2D eigenvalue weighted by molar-refractivity contribution is 5.77. The van der Waals surface area contributed by atoms with Crippen LogP contribution in [-0.4, -0.2) is 50.2 Å². The molecule has 1 saturated heterocycles. The molecule has 0 unspecified atom stereocenters. The number of hydrogen-bond acceptors (Lipinski definition) is 3. The summed E-state index contributed by atoms with van der Waals surface area (Å²) in [6.07, 6.45) is 7.38. The molecule has 1 heterocycles. The van der Waals surface area contributed by atoms with Crippen LogP contribution in [0, 0.1) is 0 Å². The Morgan fingerprint density at radius 3 is 2.61 bits per heavy atom. The van der Waals surface area contributed by atoms with Gasteiger partial charge in [0.25, 0.3) is 0 Å². The predicted octanol–water partition coefficient (Wildman–Crippen LogP) is 1.79. The molecule has 0 spiro atoms. The van der Waals surface area contributed by atoms with Crippen LogP contribution < -0.4 is 5.32 Å². The minimum atomic E-state index is 0.124. The number of likely N-dealkylation sites (tertiary alicyclic amines) is 1. The number of piperidine rings is 1. The number of hydrogen-bond donors (Lipinski definition) is 1. The van der Waals surface area contributed by atoms with Gasteiger partial charge < -0.3 is 15.0 Å². The van der Waals surface area contributed by atoms with E-state index in [2.05, 4.69) is 12.2 Å². The number of nitrogens with zero attached hydrogens (tertiary/aromatic N) is 1. The average molecular weight is 256 g/mol. The summed E-state index contributed by atoms with van der Waals surface area (Å²) < 4.78 is 4.88. The van der Waals surface area contributed by atoms with E-state index in [1.54, 1.807) is 7.11 Å². The second kappa shape index (κ2) is 9.34. The monoisotopic (exact) mass is 256 g/mol. The zero-order valence-electron chi connectivity index (χ0n) is 11.9. The van der Waals surface area contributed by atoms with Crippen molar-refractivity contribution in [2.75, 3.05) is 33.4 Å². The Balaban J connectivity index is 2.06. The van der Waals surface area contributed by atoms with Gasteiger partial charge in [-0.15, -0.1) is 0 Å². The summed E-state index contributed by atoms with van der Waals surface area (Å²) in [5, 5.41) is 3.60. The first-order valence-corrected chi connectivity index (χ1v) is 7.28. The number of amides is 1. The van der Waals surface area contributed by atoms with Gasteiger partial charge in [0.15, 0.2) is 0 Å². The number of unbranched alkanes of at least 4 members (excludes halogenated alkanes) is 3. The van der Waals surface area contributed by atoms with Crippen molar-refractivity contribution in [3.8, 4) is 0 Å². The topological polar surface area (TPSA) is 41.6 Å². The molecule has 1 fully saturated rings. The van der Waals surface area contributed by atoms with Crippen LogP contribution in [0.15, 0.2) is 0 Å². The van der Waals surface area contributed by atoms with Gasteiger partial charge in [-0.2, -0.15) is 0 Å². The van der Waals surface area contributed by atoms with E-state index in [0.717, 1.165) is 32.5 Å². The van der Waals surface area contributed by atoms with Crippen LogP contribution in [0.1, 0.15) is 45.4 Å². The number of carbonyl (C=O) groups is 1. The summed E-state index contributed by atoms with van der Waals surface area (Å²) in [7, 11) is 1.57. The second-order valence-electron chi connectivity index (χ2n) is 5.10. The molecule has 18 heavy (non-hydrogen) atoms. The summed E-state index contributed by atoms with van der Waals surface area (Å²) >= 11 is 0. The van der Waals surface area contributed by atoms with Crippen molar-refractivity contribution in [2.24, 2.45) is 0 Å². The third kappa shape index (κ3) is 5.83. The van der Waals surface area contributed by atoms with Gasteiger partial charge in [-0.1, -0.05) is 26.2 Å². The van der Waals surface area contributed by atoms with Crippen LogP contribution in [0.4, 0.5) is 0 Å². The SMILES string of the molecule is CCCCCCNC1CCN(C(=O)COC)CC1. The number of ether oxygens (including phenoxy) is 1. The number of nitrogens with one attached hydrogen (secondary N) is 1. The standard InChI is InChI=1S/C14H28N2O2/c1-3-4-5-6-9-15-13-7-10-16(11-8-13)14(17)12-18-2/h13,15H,3-12H2,1-2H3. The largest absolute Gasteiger partial charge is 0.375 e. The molecule has 1 amide bonds. The number of rotatable bonds is 8. The molecule has 106 valence electrons. The van der Waals surface area contributed by atoms with Crippen LogP contribution >= 0.6 is 0 Å². The Morgan fingerprint density at radius 2 is 2.00 bits per heavy atom. The fraction of sp³-hybridized carbons (Fsp3) is 0.929. The average Bonchev–Trinajstić information content (AvgIpc) is 2.39. The summed E-state index contributed by atoms with van der Waals surface area (Å²) in [5.74, 6) is 0.124. The molecular weight excluding hydrogens is 228 g/mol. The van der Waals surface area contributed by atoms with E-state index in [1.807, 2.05) is 4.90 Å². The lowest BCUT2D eigenvalue weighted by molar-refractivity contribution is -0.136. The van der Waals surface area contributed by atoms with Crippen molar-refractivity contribution in [3.63, 3.8) is 0 Å². The van der Waals surface area contributed by atoms with Crippen molar-refractivity contribution >= 4 is 5.91 Å². The first-order valence-electron chi connectivity index (χ1n) is 7.28. The molecule has 1 aliphatic heterocycles. The lowest BCUT2D eigenvalue weighted by Gasteiger charge is -2.32. The molecule has 0 aliphatic carbocycles. The minimum absolute atomic E-state index is 0.124. The molecule has 0 aromatic carbocycles. The van der Waals surface area contributed by atoms with Gasteiger partial charge in [0.2, 0.25) is 5.91 Å². The van der Waals surface area contributed by atoms with Crippen molar-refractivity contribution in [3.05, 3.63) is 0 Å². The van der Waals surface area contributed by atoms with E-state index in [9.17, 15) is 4.79 Å². The van der Waals surface area contributed by atoms with Gasteiger partial charge in [-0.25, -0.2) is 0 Å².